The van der Waals surface area contributed by atoms with E-state index < -0.39 is 5.97 Å². The molecule has 0 aliphatic carbocycles. The molecule has 0 saturated carbocycles. The first-order valence-electron chi connectivity index (χ1n) is 9.40. The molecule has 2 aromatic carbocycles. The number of phenols is 1. The van der Waals surface area contributed by atoms with Gasteiger partial charge in [0.1, 0.15) is 36.0 Å². The van der Waals surface area contributed by atoms with Crippen molar-refractivity contribution in [3.05, 3.63) is 53.6 Å². The Kier molecular flexibility index (Phi) is 6.60. The number of hydrogen-bond acceptors (Lipinski definition) is 4. The highest BCUT2D eigenvalue weighted by atomic mass is 16.5. The lowest BCUT2D eigenvalue weighted by Gasteiger charge is -2.33. The third kappa shape index (κ3) is 6.19. The van der Waals surface area contributed by atoms with Crippen LogP contribution in [-0.4, -0.2) is 29.4 Å². The van der Waals surface area contributed by atoms with E-state index >= 15 is 0 Å². The Bertz CT molecular complexity index is 801. The lowest BCUT2D eigenvalue weighted by molar-refractivity contribution is 0.0693. The minimum absolute atomic E-state index is 0.0873. The summed E-state index contributed by atoms with van der Waals surface area (Å²) in [6.45, 7) is 11.9. The number of benzene rings is 2. The fourth-order valence-corrected chi connectivity index (χ4v) is 3.53. The average molecular weight is 386 g/mol. The van der Waals surface area contributed by atoms with Gasteiger partial charge in [0.25, 0.3) is 0 Å². The number of aromatic hydroxyl groups is 1. The Labute approximate surface area is 166 Å². The molecule has 0 aromatic heterocycles. The van der Waals surface area contributed by atoms with Crippen molar-refractivity contribution in [2.45, 2.75) is 46.5 Å². The molecule has 5 nitrogen and oxygen atoms in total. The first-order chi connectivity index (χ1) is 13.0. The molecule has 0 aliphatic heterocycles. The van der Waals surface area contributed by atoms with E-state index in [0.29, 0.717) is 12.4 Å². The number of rotatable bonds is 8. The van der Waals surface area contributed by atoms with Crippen LogP contribution in [0, 0.1) is 5.41 Å². The number of ether oxygens (including phenoxy) is 2. The molecule has 2 rings (SSSR count). The van der Waals surface area contributed by atoms with E-state index in [1.807, 2.05) is 12.1 Å². The lowest BCUT2D eigenvalue weighted by atomic mass is 9.72. The summed E-state index contributed by atoms with van der Waals surface area (Å²) in [4.78, 5) is 10.9. The van der Waals surface area contributed by atoms with Crippen molar-refractivity contribution < 1.29 is 24.5 Å². The summed E-state index contributed by atoms with van der Waals surface area (Å²) in [6, 6.07) is 12.2. The van der Waals surface area contributed by atoms with Crippen LogP contribution in [0.25, 0.3) is 0 Å². The van der Waals surface area contributed by atoms with Crippen molar-refractivity contribution in [3.63, 3.8) is 0 Å². The molecular weight excluding hydrogens is 356 g/mol. The zero-order valence-electron chi connectivity index (χ0n) is 17.3. The normalized spacial score (nSPS) is 11.9. The third-order valence-electron chi connectivity index (χ3n) is 4.43. The van der Waals surface area contributed by atoms with Gasteiger partial charge in [-0.2, -0.15) is 0 Å². The maximum absolute atomic E-state index is 10.9. The summed E-state index contributed by atoms with van der Waals surface area (Å²) in [5.74, 6) is -0.339. The van der Waals surface area contributed by atoms with E-state index in [-0.39, 0.29) is 28.7 Å². The Morgan fingerprint density at radius 2 is 1.43 bits per heavy atom. The van der Waals surface area contributed by atoms with Gasteiger partial charge in [0.05, 0.1) is 0 Å². The highest BCUT2D eigenvalue weighted by Gasteiger charge is 2.27. The van der Waals surface area contributed by atoms with Crippen LogP contribution in [0.1, 0.15) is 57.0 Å². The lowest BCUT2D eigenvalue weighted by Crippen LogP contribution is -2.24. The van der Waals surface area contributed by atoms with Crippen molar-refractivity contribution in [1.29, 1.82) is 0 Å². The van der Waals surface area contributed by atoms with Gasteiger partial charge in [-0.05, 0) is 47.1 Å². The van der Waals surface area contributed by atoms with Crippen LogP contribution in [0.2, 0.25) is 0 Å². The summed E-state index contributed by atoms with van der Waals surface area (Å²) in [6.07, 6.45) is 1.08. The van der Waals surface area contributed by atoms with Gasteiger partial charge in [0.2, 0.25) is 0 Å². The molecule has 0 aliphatic rings. The van der Waals surface area contributed by atoms with Crippen LogP contribution in [0.15, 0.2) is 42.5 Å². The summed E-state index contributed by atoms with van der Waals surface area (Å²) in [7, 11) is 0. The van der Waals surface area contributed by atoms with Gasteiger partial charge in [-0.1, -0.05) is 46.8 Å². The van der Waals surface area contributed by atoms with E-state index in [1.54, 1.807) is 0 Å². The Morgan fingerprint density at radius 1 is 0.893 bits per heavy atom. The molecule has 28 heavy (non-hydrogen) atoms. The second-order valence-electron chi connectivity index (χ2n) is 8.83. The van der Waals surface area contributed by atoms with Crippen molar-refractivity contribution in [1.82, 2.24) is 0 Å². The molecule has 2 N–H and O–H groups in total. The largest absolute Gasteiger partial charge is 0.507 e. The number of carboxylic acids is 1. The molecule has 2 aromatic rings. The van der Waals surface area contributed by atoms with Crippen molar-refractivity contribution in [3.8, 4) is 17.2 Å². The van der Waals surface area contributed by atoms with Crippen LogP contribution in [0.5, 0.6) is 17.2 Å². The maximum Gasteiger partial charge on any atom is 0.339 e. The highest BCUT2D eigenvalue weighted by molar-refractivity contribution is 5.90. The first-order valence-corrected chi connectivity index (χ1v) is 9.40. The Balaban J connectivity index is 1.85. The standard InChI is InChI=1S/C23H30O5/c1-22(2,3)15-23(4,5)16-6-8-17(9-7-16)27-12-13-28-18-10-11-19(21(25)26)20(24)14-18/h6-11,14,24H,12-13,15H2,1-5H3,(H,25,26). The summed E-state index contributed by atoms with van der Waals surface area (Å²) in [5.41, 5.74) is 1.47. The van der Waals surface area contributed by atoms with E-state index in [0.717, 1.165) is 12.2 Å². The summed E-state index contributed by atoms with van der Waals surface area (Å²) in [5, 5.41) is 18.6. The zero-order chi connectivity index (χ0) is 20.9. The highest BCUT2D eigenvalue weighted by Crippen LogP contribution is 2.36. The molecule has 0 radical (unpaired) electrons. The van der Waals surface area contributed by atoms with E-state index in [2.05, 4.69) is 46.8 Å². The minimum atomic E-state index is -1.18. The SMILES string of the molecule is CC(C)(C)CC(C)(C)c1ccc(OCCOc2ccc(C(=O)O)c(O)c2)cc1. The van der Waals surface area contributed by atoms with Gasteiger partial charge in [0, 0.05) is 6.07 Å². The number of aromatic carboxylic acids is 1. The van der Waals surface area contributed by atoms with Gasteiger partial charge < -0.3 is 19.7 Å². The van der Waals surface area contributed by atoms with Gasteiger partial charge in [-0.15, -0.1) is 0 Å². The van der Waals surface area contributed by atoms with Gasteiger partial charge >= 0.3 is 5.97 Å². The maximum atomic E-state index is 10.9. The van der Waals surface area contributed by atoms with Crippen LogP contribution in [0.3, 0.4) is 0 Å². The van der Waals surface area contributed by atoms with E-state index in [9.17, 15) is 9.90 Å². The molecule has 0 amide bonds. The molecule has 0 unspecified atom stereocenters. The van der Waals surface area contributed by atoms with Crippen molar-refractivity contribution in [2.75, 3.05) is 13.2 Å². The molecule has 0 saturated heterocycles. The molecule has 0 spiro atoms. The molecule has 0 fully saturated rings. The molecule has 0 bridgehead atoms. The quantitative estimate of drug-likeness (QED) is 0.605. The van der Waals surface area contributed by atoms with Crippen LogP contribution in [-0.2, 0) is 5.41 Å². The fraction of sp³-hybridized carbons (Fsp3) is 0.435. The van der Waals surface area contributed by atoms with Gasteiger partial charge in [0.15, 0.2) is 0 Å². The van der Waals surface area contributed by atoms with Crippen LogP contribution >= 0.6 is 0 Å². The number of hydrogen-bond donors (Lipinski definition) is 2. The smallest absolute Gasteiger partial charge is 0.339 e. The van der Waals surface area contributed by atoms with Crippen molar-refractivity contribution >= 4 is 5.97 Å². The zero-order valence-corrected chi connectivity index (χ0v) is 17.3. The molecule has 0 heterocycles. The van der Waals surface area contributed by atoms with Crippen molar-refractivity contribution in [2.24, 2.45) is 5.41 Å². The van der Waals surface area contributed by atoms with E-state index in [1.165, 1.54) is 23.8 Å². The number of carbonyl (C=O) groups is 1. The van der Waals surface area contributed by atoms with Crippen LogP contribution in [0.4, 0.5) is 0 Å². The Morgan fingerprint density at radius 3 is 1.93 bits per heavy atom. The predicted octanol–water partition coefficient (Wildman–Crippen LogP) is 5.26. The average Bonchev–Trinajstić information content (AvgIpc) is 2.57. The summed E-state index contributed by atoms with van der Waals surface area (Å²) < 4.78 is 11.2. The molecule has 152 valence electrons. The van der Waals surface area contributed by atoms with E-state index in [4.69, 9.17) is 14.6 Å². The fourth-order valence-electron chi connectivity index (χ4n) is 3.53. The first kappa shape index (κ1) is 21.6. The minimum Gasteiger partial charge on any atom is -0.507 e. The molecule has 5 heteroatoms. The monoisotopic (exact) mass is 386 g/mol. The van der Waals surface area contributed by atoms with Gasteiger partial charge in [-0.3, -0.25) is 0 Å². The van der Waals surface area contributed by atoms with Gasteiger partial charge in [-0.25, -0.2) is 4.79 Å². The van der Waals surface area contributed by atoms with Crippen LogP contribution < -0.4 is 9.47 Å². The second kappa shape index (κ2) is 8.55. The summed E-state index contributed by atoms with van der Waals surface area (Å²) >= 11 is 0. The molecule has 0 atom stereocenters. The predicted molar refractivity (Wildman–Crippen MR) is 110 cm³/mol. The topological polar surface area (TPSA) is 76.0 Å². The third-order valence-corrected chi connectivity index (χ3v) is 4.43. The Hall–Kier alpha value is -2.69. The molecular formula is C23H30O5. The number of carboxylic acid groups (broad SMARTS) is 1. The second-order valence-corrected chi connectivity index (χ2v) is 8.83.